The topological polar surface area (TPSA) is 112 Å². The van der Waals surface area contributed by atoms with Crippen molar-refractivity contribution in [1.82, 2.24) is 15.2 Å². The lowest BCUT2D eigenvalue weighted by Gasteiger charge is -2.32. The predicted octanol–water partition coefficient (Wildman–Crippen LogP) is 5.34. The third kappa shape index (κ3) is 5.78. The number of nitrogens with zero attached hydrogens (tertiary/aromatic N) is 3. The fourth-order valence-electron chi connectivity index (χ4n) is 6.33. The number of morpholine rings is 1. The van der Waals surface area contributed by atoms with E-state index in [1.807, 2.05) is 36.5 Å². The smallest absolute Gasteiger partial charge is 0.404 e. The summed E-state index contributed by atoms with van der Waals surface area (Å²) in [5, 5.41) is 12.6. The molecule has 9 nitrogen and oxygen atoms in total. The molecule has 2 aliphatic heterocycles. The highest BCUT2D eigenvalue weighted by Gasteiger charge is 2.37. The van der Waals surface area contributed by atoms with Gasteiger partial charge in [-0.3, -0.25) is 14.6 Å². The molecule has 42 heavy (non-hydrogen) atoms. The van der Waals surface area contributed by atoms with Crippen LogP contribution < -0.4 is 10.2 Å². The van der Waals surface area contributed by atoms with Gasteiger partial charge in [-0.1, -0.05) is 26.0 Å². The minimum absolute atomic E-state index is 0.0657. The number of pyridine rings is 1. The van der Waals surface area contributed by atoms with E-state index in [0.29, 0.717) is 51.1 Å². The van der Waals surface area contributed by atoms with Gasteiger partial charge in [0.25, 0.3) is 5.91 Å². The molecule has 0 unspecified atom stereocenters. The first kappa shape index (κ1) is 28.4. The number of amides is 2. The Bertz CT molecular complexity index is 1520. The second-order valence-electron chi connectivity index (χ2n) is 12.2. The van der Waals surface area contributed by atoms with Crippen LogP contribution in [0.3, 0.4) is 0 Å². The Kier molecular flexibility index (Phi) is 7.76. The number of hydrogen-bond donors (Lipinski definition) is 2. The van der Waals surface area contributed by atoms with E-state index in [2.05, 4.69) is 35.1 Å². The number of fused-ring (bicyclic) bond motifs is 1. The summed E-state index contributed by atoms with van der Waals surface area (Å²) in [4.78, 5) is 47.3. The minimum Gasteiger partial charge on any atom is -0.465 e. The van der Waals surface area contributed by atoms with E-state index < -0.39 is 6.09 Å². The second-order valence-corrected chi connectivity index (χ2v) is 13.2. The van der Waals surface area contributed by atoms with Crippen molar-refractivity contribution in [2.75, 3.05) is 44.3 Å². The van der Waals surface area contributed by atoms with E-state index in [0.717, 1.165) is 57.3 Å². The lowest BCUT2D eigenvalue weighted by atomic mass is 9.75. The van der Waals surface area contributed by atoms with Crippen molar-refractivity contribution < 1.29 is 24.2 Å². The van der Waals surface area contributed by atoms with Gasteiger partial charge in [-0.05, 0) is 60.1 Å². The Labute approximate surface area is 249 Å². The number of thiophene rings is 1. The van der Waals surface area contributed by atoms with Crippen LogP contribution >= 0.6 is 11.3 Å². The molecule has 2 saturated heterocycles. The zero-order valence-electron chi connectivity index (χ0n) is 24.0. The number of carbonyl (C=O) groups is 3. The van der Waals surface area contributed by atoms with Gasteiger partial charge in [-0.2, -0.15) is 0 Å². The molecule has 0 spiro atoms. The molecular weight excluding hydrogens is 552 g/mol. The predicted molar refractivity (Wildman–Crippen MR) is 163 cm³/mol. The van der Waals surface area contributed by atoms with Crippen LogP contribution in [0.1, 0.15) is 58.7 Å². The number of nitrogens with one attached hydrogen (secondary N) is 1. The first-order valence-corrected chi connectivity index (χ1v) is 15.4. The molecule has 3 aliphatic rings. The number of carbonyl (C=O) groups excluding carboxylic acids is 2. The molecule has 3 aromatic rings. The molecule has 2 aromatic heterocycles. The number of piperidine rings is 1. The fraction of sp³-hybridized carbons (Fsp3) is 0.438. The maximum atomic E-state index is 13.4. The number of ketones is 1. The molecule has 1 aliphatic carbocycles. The van der Waals surface area contributed by atoms with E-state index >= 15 is 0 Å². The fourth-order valence-corrected chi connectivity index (χ4v) is 7.66. The monoisotopic (exact) mass is 588 g/mol. The van der Waals surface area contributed by atoms with Crippen LogP contribution in [0.5, 0.6) is 0 Å². The average molecular weight is 589 g/mol. The molecule has 0 atom stereocenters. The van der Waals surface area contributed by atoms with Crippen LogP contribution in [-0.2, 0) is 11.2 Å². The summed E-state index contributed by atoms with van der Waals surface area (Å²) in [6.07, 6.45) is 3.36. The number of Topliss-reactive ketones (excluding diaryl/α,β-unsaturated/α-hetero) is 1. The standard InChI is InChI=1S/C32H36N4O5S/c1-32(2)18-24-27(30(36-12-14-41-15-13-36)42-28(24)26(37)19-32)21-6-9-33-25(17-21)20-4-3-5-22(16-20)29(38)35-10-7-23(8-11-35)34-31(39)40/h3-6,9,16-17,23,34H,7-8,10-15,18-19H2,1-2H3,(H,39,40). The molecule has 0 saturated carbocycles. The number of ether oxygens (including phenoxy) is 1. The Morgan fingerprint density at radius 1 is 1.05 bits per heavy atom. The highest BCUT2D eigenvalue weighted by molar-refractivity contribution is 7.19. The van der Waals surface area contributed by atoms with Crippen LogP contribution in [0.25, 0.3) is 22.4 Å². The molecule has 0 bridgehead atoms. The highest BCUT2D eigenvalue weighted by Crippen LogP contribution is 2.49. The van der Waals surface area contributed by atoms with Crippen LogP contribution in [0.4, 0.5) is 9.80 Å². The number of aromatic nitrogens is 1. The van der Waals surface area contributed by atoms with Crippen molar-refractivity contribution in [3.8, 4) is 22.4 Å². The van der Waals surface area contributed by atoms with Crippen molar-refractivity contribution in [2.24, 2.45) is 5.41 Å². The number of rotatable bonds is 5. The van der Waals surface area contributed by atoms with Gasteiger partial charge in [0, 0.05) is 61.5 Å². The zero-order chi connectivity index (χ0) is 29.4. The zero-order valence-corrected chi connectivity index (χ0v) is 24.8. The summed E-state index contributed by atoms with van der Waals surface area (Å²) in [6, 6.07) is 11.5. The van der Waals surface area contributed by atoms with Crippen LogP contribution in [0, 0.1) is 5.41 Å². The van der Waals surface area contributed by atoms with Gasteiger partial charge in [-0.15, -0.1) is 11.3 Å². The lowest BCUT2D eigenvalue weighted by molar-refractivity contribution is 0.0705. The minimum atomic E-state index is -1.03. The van der Waals surface area contributed by atoms with Gasteiger partial charge in [0.1, 0.15) is 0 Å². The molecule has 4 heterocycles. The molecule has 6 rings (SSSR count). The van der Waals surface area contributed by atoms with E-state index in [-0.39, 0.29) is 23.1 Å². The average Bonchev–Trinajstić information content (AvgIpc) is 3.36. The van der Waals surface area contributed by atoms with Gasteiger partial charge >= 0.3 is 6.09 Å². The summed E-state index contributed by atoms with van der Waals surface area (Å²) in [5.74, 6) is 0.152. The normalized spacial score (nSPS) is 19.0. The quantitative estimate of drug-likeness (QED) is 0.414. The molecule has 220 valence electrons. The molecule has 0 radical (unpaired) electrons. The van der Waals surface area contributed by atoms with Crippen molar-refractivity contribution in [3.63, 3.8) is 0 Å². The lowest BCUT2D eigenvalue weighted by Crippen LogP contribution is -2.46. The van der Waals surface area contributed by atoms with E-state index in [1.54, 1.807) is 16.2 Å². The largest absolute Gasteiger partial charge is 0.465 e. The van der Waals surface area contributed by atoms with Gasteiger partial charge in [-0.25, -0.2) is 4.79 Å². The number of anilines is 1. The summed E-state index contributed by atoms with van der Waals surface area (Å²) in [7, 11) is 0. The molecular formula is C32H36N4O5S. The molecule has 10 heteroatoms. The summed E-state index contributed by atoms with van der Waals surface area (Å²) < 4.78 is 5.62. The first-order chi connectivity index (χ1) is 20.2. The van der Waals surface area contributed by atoms with Crippen LogP contribution in [0.2, 0.25) is 0 Å². The summed E-state index contributed by atoms with van der Waals surface area (Å²) >= 11 is 1.61. The maximum absolute atomic E-state index is 13.4. The molecule has 1 aromatic carbocycles. The number of hydrogen-bond acceptors (Lipinski definition) is 7. The Morgan fingerprint density at radius 3 is 2.55 bits per heavy atom. The second kappa shape index (κ2) is 11.5. The number of carboxylic acid groups (broad SMARTS) is 1. The van der Waals surface area contributed by atoms with Gasteiger partial charge in [0.15, 0.2) is 5.78 Å². The van der Waals surface area contributed by atoms with Crippen LogP contribution in [0.15, 0.2) is 42.6 Å². The summed E-state index contributed by atoms with van der Waals surface area (Å²) in [5.41, 5.74) is 5.36. The Hall–Kier alpha value is -3.76. The van der Waals surface area contributed by atoms with E-state index in [1.165, 1.54) is 0 Å². The molecule has 2 fully saturated rings. The number of likely N-dealkylation sites (tertiary alicyclic amines) is 1. The number of benzene rings is 1. The molecule has 2 N–H and O–H groups in total. The summed E-state index contributed by atoms with van der Waals surface area (Å²) in [6.45, 7) is 8.24. The van der Waals surface area contributed by atoms with Crippen molar-refractivity contribution in [1.29, 1.82) is 0 Å². The van der Waals surface area contributed by atoms with Gasteiger partial charge in [0.2, 0.25) is 0 Å². The Balaban J connectivity index is 1.31. The van der Waals surface area contributed by atoms with Crippen molar-refractivity contribution in [2.45, 2.75) is 45.6 Å². The van der Waals surface area contributed by atoms with Crippen molar-refractivity contribution >= 4 is 34.1 Å². The first-order valence-electron chi connectivity index (χ1n) is 14.6. The van der Waals surface area contributed by atoms with E-state index in [4.69, 9.17) is 9.84 Å². The van der Waals surface area contributed by atoms with Crippen molar-refractivity contribution in [3.05, 3.63) is 58.6 Å². The maximum Gasteiger partial charge on any atom is 0.404 e. The van der Waals surface area contributed by atoms with Gasteiger partial charge in [0.05, 0.1) is 28.8 Å². The SMILES string of the molecule is CC1(C)CC(=O)c2sc(N3CCOCC3)c(-c3ccnc(-c4cccc(C(=O)N5CCC(NC(=O)O)CC5)c4)c3)c2C1. The third-order valence-electron chi connectivity index (χ3n) is 8.40. The highest BCUT2D eigenvalue weighted by atomic mass is 32.1. The Morgan fingerprint density at radius 2 is 1.81 bits per heavy atom. The van der Waals surface area contributed by atoms with Crippen LogP contribution in [-0.4, -0.2) is 78.2 Å². The third-order valence-corrected chi connectivity index (χ3v) is 9.73. The van der Waals surface area contributed by atoms with Gasteiger partial charge < -0.3 is 25.0 Å². The molecule has 2 amide bonds. The van der Waals surface area contributed by atoms with E-state index in [9.17, 15) is 14.4 Å².